The Labute approximate surface area is 193 Å². The Morgan fingerprint density at radius 3 is 2.44 bits per heavy atom. The molecule has 1 saturated carbocycles. The van der Waals surface area contributed by atoms with E-state index in [1.54, 1.807) is 0 Å². The summed E-state index contributed by atoms with van der Waals surface area (Å²) in [5.74, 6) is 1.14. The monoisotopic (exact) mass is 443 g/mol. The van der Waals surface area contributed by atoms with Gasteiger partial charge in [0.15, 0.2) is 0 Å². The maximum absolute atomic E-state index is 13.3. The third-order valence-electron chi connectivity index (χ3n) is 7.08. The molecule has 0 unspecified atom stereocenters. The maximum Gasteiger partial charge on any atom is 0.407 e. The summed E-state index contributed by atoms with van der Waals surface area (Å²) in [6, 6.07) is 10.8. The zero-order valence-electron chi connectivity index (χ0n) is 20.4. The van der Waals surface area contributed by atoms with Crippen LogP contribution >= 0.6 is 0 Å². The number of amides is 2. The Hall–Kier alpha value is -2.08. The molecule has 3 rings (SSSR count). The van der Waals surface area contributed by atoms with E-state index in [4.69, 9.17) is 0 Å². The molecule has 1 aliphatic carbocycles. The Bertz CT molecular complexity index is 774. The minimum Gasteiger partial charge on any atom is -0.465 e. The molecule has 1 aliphatic heterocycles. The summed E-state index contributed by atoms with van der Waals surface area (Å²) in [6.45, 7) is 13.1. The van der Waals surface area contributed by atoms with E-state index in [1.165, 1.54) is 10.5 Å². The van der Waals surface area contributed by atoms with Crippen LogP contribution in [0.4, 0.5) is 4.79 Å². The van der Waals surface area contributed by atoms with Gasteiger partial charge < -0.3 is 15.3 Å². The zero-order valence-corrected chi connectivity index (χ0v) is 20.4. The maximum atomic E-state index is 13.3. The molecule has 1 heterocycles. The summed E-state index contributed by atoms with van der Waals surface area (Å²) in [5.41, 5.74) is 0.796. The number of nitrogens with zero attached hydrogens (tertiary/aromatic N) is 2. The molecule has 2 fully saturated rings. The summed E-state index contributed by atoms with van der Waals surface area (Å²) >= 11 is 0. The van der Waals surface area contributed by atoms with Gasteiger partial charge in [-0.1, -0.05) is 44.2 Å². The van der Waals surface area contributed by atoms with Gasteiger partial charge in [-0.15, -0.1) is 0 Å². The van der Waals surface area contributed by atoms with Crippen molar-refractivity contribution in [2.24, 2.45) is 23.7 Å². The highest BCUT2D eigenvalue weighted by Gasteiger charge is 2.43. The highest BCUT2D eigenvalue weighted by molar-refractivity contribution is 5.80. The van der Waals surface area contributed by atoms with Crippen LogP contribution in [-0.2, 0) is 11.3 Å². The van der Waals surface area contributed by atoms with Crippen molar-refractivity contribution >= 4 is 12.0 Å². The van der Waals surface area contributed by atoms with Gasteiger partial charge in [-0.05, 0) is 63.4 Å². The van der Waals surface area contributed by atoms with Crippen LogP contribution in [0.1, 0.15) is 59.4 Å². The molecule has 0 aromatic heterocycles. The average molecular weight is 444 g/mol. The molecule has 4 atom stereocenters. The molecule has 6 heteroatoms. The van der Waals surface area contributed by atoms with E-state index in [1.807, 2.05) is 26.8 Å². The Balaban J connectivity index is 1.62. The number of carbonyl (C=O) groups excluding carboxylic acids is 1. The first-order valence-electron chi connectivity index (χ1n) is 12.1. The molecular formula is C26H41N3O3. The first kappa shape index (κ1) is 24.6. The van der Waals surface area contributed by atoms with Crippen LogP contribution in [-0.4, -0.2) is 58.1 Å². The standard InChI is InChI=1S/C26H41N3O3/c1-18(2)13-21(16-29(25(31)32)26(3,4)5)24(30)27-23-12-11-20-15-28(17-22(20)23)14-19-9-7-6-8-10-19/h6-10,18,20-23H,11-17H2,1-5H3,(H,27,30)(H,31,32)/t20-,21+,22+,23-/m1/s1. The number of carbonyl (C=O) groups is 2. The van der Waals surface area contributed by atoms with Crippen molar-refractivity contribution < 1.29 is 14.7 Å². The summed E-state index contributed by atoms with van der Waals surface area (Å²) < 4.78 is 0. The molecule has 0 radical (unpaired) electrons. The molecule has 0 spiro atoms. The van der Waals surface area contributed by atoms with Gasteiger partial charge in [0.05, 0.1) is 5.92 Å². The minimum absolute atomic E-state index is 0.0151. The largest absolute Gasteiger partial charge is 0.465 e. The minimum atomic E-state index is -0.965. The van der Waals surface area contributed by atoms with Crippen molar-refractivity contribution in [2.45, 2.75) is 72.0 Å². The molecule has 1 saturated heterocycles. The number of fused-ring (bicyclic) bond motifs is 1. The number of rotatable bonds is 8. The topological polar surface area (TPSA) is 72.9 Å². The van der Waals surface area contributed by atoms with Crippen LogP contribution in [0.2, 0.25) is 0 Å². The fraction of sp³-hybridized carbons (Fsp3) is 0.692. The van der Waals surface area contributed by atoms with Crippen LogP contribution in [0.5, 0.6) is 0 Å². The zero-order chi connectivity index (χ0) is 23.5. The van der Waals surface area contributed by atoms with Crippen molar-refractivity contribution in [3.63, 3.8) is 0 Å². The van der Waals surface area contributed by atoms with E-state index in [9.17, 15) is 14.7 Å². The first-order valence-corrected chi connectivity index (χ1v) is 12.1. The van der Waals surface area contributed by atoms with Crippen molar-refractivity contribution in [2.75, 3.05) is 19.6 Å². The van der Waals surface area contributed by atoms with E-state index >= 15 is 0 Å². The van der Waals surface area contributed by atoms with Gasteiger partial charge >= 0.3 is 6.09 Å². The number of likely N-dealkylation sites (tertiary alicyclic amines) is 1. The quantitative estimate of drug-likeness (QED) is 0.622. The smallest absolute Gasteiger partial charge is 0.407 e. The fourth-order valence-corrected chi connectivity index (χ4v) is 5.50. The van der Waals surface area contributed by atoms with Crippen LogP contribution in [0.3, 0.4) is 0 Å². The van der Waals surface area contributed by atoms with E-state index in [0.717, 1.165) is 32.5 Å². The first-order chi connectivity index (χ1) is 15.0. The van der Waals surface area contributed by atoms with E-state index in [2.05, 4.69) is 48.3 Å². The summed E-state index contributed by atoms with van der Waals surface area (Å²) in [7, 11) is 0. The predicted octanol–water partition coefficient (Wildman–Crippen LogP) is 4.45. The lowest BCUT2D eigenvalue weighted by Crippen LogP contribution is -2.51. The molecule has 32 heavy (non-hydrogen) atoms. The highest BCUT2D eigenvalue weighted by atomic mass is 16.4. The third kappa shape index (κ3) is 6.25. The molecule has 6 nitrogen and oxygen atoms in total. The van der Waals surface area contributed by atoms with E-state index in [-0.39, 0.29) is 24.4 Å². The molecule has 178 valence electrons. The second kappa shape index (κ2) is 10.2. The Morgan fingerprint density at radius 1 is 1.16 bits per heavy atom. The summed E-state index contributed by atoms with van der Waals surface area (Å²) in [5, 5.41) is 13.1. The lowest BCUT2D eigenvalue weighted by atomic mass is 9.92. The molecule has 2 amide bonds. The number of hydrogen-bond acceptors (Lipinski definition) is 3. The second-order valence-electron chi connectivity index (χ2n) is 11.2. The summed E-state index contributed by atoms with van der Waals surface area (Å²) in [4.78, 5) is 29.1. The molecule has 0 bridgehead atoms. The molecule has 1 aromatic rings. The van der Waals surface area contributed by atoms with Crippen molar-refractivity contribution in [3.05, 3.63) is 35.9 Å². The molecule has 2 N–H and O–H groups in total. The van der Waals surface area contributed by atoms with Crippen molar-refractivity contribution in [1.29, 1.82) is 0 Å². The number of nitrogens with one attached hydrogen (secondary N) is 1. The average Bonchev–Trinajstić information content (AvgIpc) is 3.25. The van der Waals surface area contributed by atoms with Crippen molar-refractivity contribution in [1.82, 2.24) is 15.1 Å². The number of hydrogen-bond donors (Lipinski definition) is 2. The Kier molecular flexibility index (Phi) is 7.86. The van der Waals surface area contributed by atoms with E-state index in [0.29, 0.717) is 24.2 Å². The third-order valence-corrected chi connectivity index (χ3v) is 7.08. The van der Waals surface area contributed by atoms with Gasteiger partial charge in [-0.3, -0.25) is 9.69 Å². The van der Waals surface area contributed by atoms with E-state index < -0.39 is 11.6 Å². The van der Waals surface area contributed by atoms with Crippen molar-refractivity contribution in [3.8, 4) is 0 Å². The van der Waals surface area contributed by atoms with Crippen LogP contribution in [0.25, 0.3) is 0 Å². The summed E-state index contributed by atoms with van der Waals surface area (Å²) in [6.07, 6.45) is 1.90. The highest BCUT2D eigenvalue weighted by Crippen LogP contribution is 2.39. The SMILES string of the molecule is CC(C)C[C@@H](CN(C(=O)O)C(C)(C)C)C(=O)N[C@@H]1CC[C@@H]2CN(Cc3ccccc3)C[C@@H]21. The lowest BCUT2D eigenvalue weighted by Gasteiger charge is -2.36. The molecule has 2 aliphatic rings. The Morgan fingerprint density at radius 2 is 1.84 bits per heavy atom. The number of carboxylic acid groups (broad SMARTS) is 1. The predicted molar refractivity (Wildman–Crippen MR) is 127 cm³/mol. The van der Waals surface area contributed by atoms with Crippen LogP contribution in [0, 0.1) is 23.7 Å². The number of benzene rings is 1. The fourth-order valence-electron chi connectivity index (χ4n) is 5.50. The normalized spacial score (nSPS) is 24.4. The van der Waals surface area contributed by atoms with Crippen LogP contribution < -0.4 is 5.32 Å². The second-order valence-corrected chi connectivity index (χ2v) is 11.2. The van der Waals surface area contributed by atoms with Gasteiger partial charge in [0.25, 0.3) is 0 Å². The molecular weight excluding hydrogens is 402 g/mol. The van der Waals surface area contributed by atoms with Gasteiger partial charge in [0.1, 0.15) is 0 Å². The lowest BCUT2D eigenvalue weighted by molar-refractivity contribution is -0.127. The van der Waals surface area contributed by atoms with Gasteiger partial charge in [-0.2, -0.15) is 0 Å². The van der Waals surface area contributed by atoms with Crippen LogP contribution in [0.15, 0.2) is 30.3 Å². The molecule has 1 aromatic carbocycles. The van der Waals surface area contributed by atoms with Gasteiger partial charge in [0.2, 0.25) is 5.91 Å². The van der Waals surface area contributed by atoms with Gasteiger partial charge in [-0.25, -0.2) is 4.79 Å². The van der Waals surface area contributed by atoms with Gasteiger partial charge in [0, 0.05) is 37.8 Å².